The summed E-state index contributed by atoms with van der Waals surface area (Å²) in [6.45, 7) is 5.22. The van der Waals surface area contributed by atoms with Crippen LogP contribution in [-0.2, 0) is 6.42 Å². The second-order valence-corrected chi connectivity index (χ2v) is 11.4. The number of fused-ring (bicyclic) bond motifs is 1. The Morgan fingerprint density at radius 2 is 1.54 bits per heavy atom. The quantitative estimate of drug-likeness (QED) is 0.0880. The van der Waals surface area contributed by atoms with Gasteiger partial charge >= 0.3 is 5.97 Å². The number of azo groups is 2. The number of esters is 1. The minimum Gasteiger partial charge on any atom is -0.423 e. The van der Waals surface area contributed by atoms with Crippen molar-refractivity contribution in [1.82, 2.24) is 4.98 Å². The molecule has 0 fully saturated rings. The number of carbonyl (C=O) groups is 1. The molecule has 41 heavy (non-hydrogen) atoms. The van der Waals surface area contributed by atoms with E-state index in [4.69, 9.17) is 4.74 Å². The van der Waals surface area contributed by atoms with Crippen molar-refractivity contribution in [3.63, 3.8) is 0 Å². The molecule has 0 aliphatic heterocycles. The number of rotatable bonds is 11. The number of aryl methyl sites for hydroxylation is 1. The van der Waals surface area contributed by atoms with Crippen LogP contribution >= 0.6 is 22.7 Å². The van der Waals surface area contributed by atoms with Gasteiger partial charge in [0.15, 0.2) is 0 Å². The average Bonchev–Trinajstić information content (AvgIpc) is 3.57. The van der Waals surface area contributed by atoms with Crippen LogP contribution in [0, 0.1) is 0 Å². The second kappa shape index (κ2) is 13.4. The van der Waals surface area contributed by atoms with Crippen molar-refractivity contribution in [2.75, 3.05) is 18.5 Å². The second-order valence-electron chi connectivity index (χ2n) is 9.36. The van der Waals surface area contributed by atoms with E-state index in [2.05, 4.69) is 51.2 Å². The Kier molecular flexibility index (Phi) is 9.22. The Balaban J connectivity index is 1.16. The van der Waals surface area contributed by atoms with Gasteiger partial charge in [0.05, 0.1) is 21.6 Å². The van der Waals surface area contributed by atoms with Crippen molar-refractivity contribution in [1.29, 1.82) is 0 Å². The number of benzene rings is 3. The molecule has 0 aliphatic rings. The molecule has 0 bridgehead atoms. The monoisotopic (exact) mass is 582 g/mol. The summed E-state index contributed by atoms with van der Waals surface area (Å²) in [7, 11) is 2.05. The lowest BCUT2D eigenvalue weighted by Crippen LogP contribution is -2.15. The van der Waals surface area contributed by atoms with Crippen LogP contribution in [-0.4, -0.2) is 24.5 Å². The molecule has 8 nitrogen and oxygen atoms in total. The molecular formula is C31H30N6O2S2. The van der Waals surface area contributed by atoms with Gasteiger partial charge in [-0.05, 0) is 92.1 Å². The molecule has 0 saturated heterocycles. The van der Waals surface area contributed by atoms with Crippen LogP contribution in [0.2, 0.25) is 0 Å². The summed E-state index contributed by atoms with van der Waals surface area (Å²) in [6, 6.07) is 24.4. The van der Waals surface area contributed by atoms with Crippen LogP contribution in [0.15, 0.2) is 99.3 Å². The third-order valence-electron chi connectivity index (χ3n) is 6.40. The van der Waals surface area contributed by atoms with Crippen LogP contribution < -0.4 is 9.64 Å². The van der Waals surface area contributed by atoms with Gasteiger partial charge in [0.1, 0.15) is 15.6 Å². The van der Waals surface area contributed by atoms with E-state index in [1.807, 2.05) is 54.6 Å². The first-order valence-electron chi connectivity index (χ1n) is 13.5. The number of hydrogen-bond acceptors (Lipinski definition) is 10. The Morgan fingerprint density at radius 1 is 0.854 bits per heavy atom. The summed E-state index contributed by atoms with van der Waals surface area (Å²) >= 11 is 2.90. The zero-order chi connectivity index (χ0) is 28.6. The van der Waals surface area contributed by atoms with E-state index in [0.29, 0.717) is 22.1 Å². The highest BCUT2D eigenvalue weighted by molar-refractivity contribution is 7.30. The summed E-state index contributed by atoms with van der Waals surface area (Å²) in [6.07, 6.45) is 3.30. The minimum absolute atomic E-state index is 0.385. The molecule has 0 atom stereocenters. The summed E-state index contributed by atoms with van der Waals surface area (Å²) in [5, 5.41) is 18.6. The van der Waals surface area contributed by atoms with Crippen LogP contribution in [0.5, 0.6) is 5.75 Å². The molecule has 10 heteroatoms. The van der Waals surface area contributed by atoms with Crippen molar-refractivity contribution in [3.8, 4) is 5.75 Å². The van der Waals surface area contributed by atoms with Crippen molar-refractivity contribution in [3.05, 3.63) is 90.0 Å². The van der Waals surface area contributed by atoms with Gasteiger partial charge in [-0.25, -0.2) is 9.78 Å². The molecule has 0 spiro atoms. The Hall–Kier alpha value is -4.28. The van der Waals surface area contributed by atoms with E-state index in [1.54, 1.807) is 24.3 Å². The van der Waals surface area contributed by atoms with Gasteiger partial charge in [0.25, 0.3) is 0 Å². The lowest BCUT2D eigenvalue weighted by atomic mass is 10.1. The van der Waals surface area contributed by atoms with Crippen LogP contribution in [0.1, 0.15) is 42.6 Å². The fourth-order valence-corrected chi connectivity index (χ4v) is 5.75. The van der Waals surface area contributed by atoms with E-state index in [-0.39, 0.29) is 5.97 Å². The lowest BCUT2D eigenvalue weighted by molar-refractivity contribution is 0.0734. The molecule has 208 valence electrons. The van der Waals surface area contributed by atoms with Gasteiger partial charge in [-0.2, -0.15) is 0 Å². The number of aromatic nitrogens is 1. The van der Waals surface area contributed by atoms with Crippen LogP contribution in [0.4, 0.5) is 27.2 Å². The summed E-state index contributed by atoms with van der Waals surface area (Å²) in [5.41, 5.74) is 4.33. The Labute approximate surface area is 247 Å². The van der Waals surface area contributed by atoms with Crippen molar-refractivity contribution in [2.24, 2.45) is 20.5 Å². The molecule has 5 aromatic rings. The maximum absolute atomic E-state index is 12.5. The van der Waals surface area contributed by atoms with E-state index in [0.717, 1.165) is 51.7 Å². The zero-order valence-electron chi connectivity index (χ0n) is 23.2. The summed E-state index contributed by atoms with van der Waals surface area (Å²) in [5.74, 6) is 0.0694. The molecular weight excluding hydrogens is 553 g/mol. The topological polar surface area (TPSA) is 91.9 Å². The van der Waals surface area contributed by atoms with Gasteiger partial charge < -0.3 is 9.64 Å². The third kappa shape index (κ3) is 7.47. The van der Waals surface area contributed by atoms with Gasteiger partial charge in [-0.15, -0.1) is 20.5 Å². The predicted octanol–water partition coefficient (Wildman–Crippen LogP) is 10.2. The normalized spacial score (nSPS) is 11.6. The molecule has 0 amide bonds. The summed E-state index contributed by atoms with van der Waals surface area (Å²) in [4.78, 5) is 20.1. The van der Waals surface area contributed by atoms with Crippen LogP contribution in [0.3, 0.4) is 0 Å². The van der Waals surface area contributed by atoms with Crippen molar-refractivity contribution < 1.29 is 9.53 Å². The molecule has 5 rings (SSSR count). The zero-order valence-corrected chi connectivity index (χ0v) is 24.8. The standard InChI is InChI=1S/C31H30N6O2S2/c1-4-6-7-21-8-10-22(11-9-21)30(38)39-26-18-14-24(15-19-26)33-35-28-20-27-29(41-28)32-31(40-27)36-34-23-12-16-25(17-13-23)37(3)5-2/h8-20H,4-7H2,1-3H3. The fourth-order valence-electron chi connectivity index (χ4n) is 3.90. The first-order chi connectivity index (χ1) is 20.0. The number of carbonyl (C=O) groups excluding carboxylic acids is 1. The number of thiazole rings is 1. The molecule has 0 saturated carbocycles. The lowest BCUT2D eigenvalue weighted by Gasteiger charge is -2.16. The smallest absolute Gasteiger partial charge is 0.343 e. The van der Waals surface area contributed by atoms with Gasteiger partial charge in [-0.3, -0.25) is 0 Å². The number of nitrogens with zero attached hydrogens (tertiary/aromatic N) is 6. The average molecular weight is 583 g/mol. The molecule has 0 radical (unpaired) electrons. The highest BCUT2D eigenvalue weighted by atomic mass is 32.1. The largest absolute Gasteiger partial charge is 0.423 e. The van der Waals surface area contributed by atoms with E-state index < -0.39 is 0 Å². The number of thiophene rings is 1. The van der Waals surface area contributed by atoms with E-state index in [1.165, 1.54) is 28.2 Å². The molecule has 2 aromatic heterocycles. The predicted molar refractivity (Wildman–Crippen MR) is 168 cm³/mol. The third-order valence-corrected chi connectivity index (χ3v) is 8.33. The van der Waals surface area contributed by atoms with Gasteiger partial charge in [-0.1, -0.05) is 48.2 Å². The van der Waals surface area contributed by atoms with Crippen molar-refractivity contribution >= 4 is 65.4 Å². The van der Waals surface area contributed by atoms with E-state index in [9.17, 15) is 4.79 Å². The minimum atomic E-state index is -0.385. The number of ether oxygens (including phenoxy) is 1. The highest BCUT2D eigenvalue weighted by Crippen LogP contribution is 2.39. The van der Waals surface area contributed by atoms with Gasteiger partial charge in [0, 0.05) is 19.3 Å². The molecule has 3 aromatic carbocycles. The molecule has 2 heterocycles. The first kappa shape index (κ1) is 28.3. The van der Waals surface area contributed by atoms with Crippen molar-refractivity contribution in [2.45, 2.75) is 33.1 Å². The molecule has 0 aliphatic carbocycles. The van der Waals surface area contributed by atoms with E-state index >= 15 is 0 Å². The highest BCUT2D eigenvalue weighted by Gasteiger charge is 2.10. The SMILES string of the molecule is CCCCc1ccc(C(=O)Oc2ccc(N=Nc3cc4sc(N=Nc5ccc(N(C)CC)cc5)nc4s3)cc2)cc1. The molecule has 0 unspecified atom stereocenters. The van der Waals surface area contributed by atoms with Crippen LogP contribution in [0.25, 0.3) is 9.53 Å². The number of hydrogen-bond donors (Lipinski definition) is 0. The molecule has 0 N–H and O–H groups in total. The maximum atomic E-state index is 12.5. The summed E-state index contributed by atoms with van der Waals surface area (Å²) < 4.78 is 6.50. The fraction of sp³-hybridized carbons (Fsp3) is 0.226. The Bertz CT molecular complexity index is 1620. The Morgan fingerprint density at radius 3 is 2.20 bits per heavy atom. The van der Waals surface area contributed by atoms with Gasteiger partial charge in [0.2, 0.25) is 5.13 Å². The maximum Gasteiger partial charge on any atom is 0.343 e. The number of unbranched alkanes of at least 4 members (excludes halogenated alkanes) is 1. The first-order valence-corrected chi connectivity index (χ1v) is 15.1. The number of anilines is 1.